The molecule has 4 heteroatoms. The molecule has 0 aliphatic heterocycles. The number of carbonyl (C=O) groups is 1. The molecule has 1 amide bonds. The van der Waals surface area contributed by atoms with Crippen molar-refractivity contribution in [1.29, 1.82) is 0 Å². The summed E-state index contributed by atoms with van der Waals surface area (Å²) in [6, 6.07) is 5.37. The van der Waals surface area contributed by atoms with Gasteiger partial charge in [-0.2, -0.15) is 0 Å². The van der Waals surface area contributed by atoms with Crippen LogP contribution in [0.15, 0.2) is 27.6 Å². The molecule has 0 radical (unpaired) electrons. The third-order valence-corrected chi connectivity index (χ3v) is 3.36. The van der Waals surface area contributed by atoms with Crippen molar-refractivity contribution < 1.29 is 4.79 Å². The standard InChI is InChI=1S/C13H14BrNOS/c1-3-5-9(4-2)15-13(16)11-8-10(17)6-7-12(11)14/h1,6-9,17H,4-5H2,2H3,(H,15,16). The van der Waals surface area contributed by atoms with Crippen molar-refractivity contribution >= 4 is 34.5 Å². The van der Waals surface area contributed by atoms with Crippen molar-refractivity contribution in [3.63, 3.8) is 0 Å². The predicted molar refractivity (Wildman–Crippen MR) is 76.4 cm³/mol. The average molecular weight is 312 g/mol. The van der Waals surface area contributed by atoms with Gasteiger partial charge >= 0.3 is 0 Å². The number of thiol groups is 1. The fourth-order valence-electron chi connectivity index (χ4n) is 1.39. The summed E-state index contributed by atoms with van der Waals surface area (Å²) in [5, 5.41) is 2.91. The van der Waals surface area contributed by atoms with E-state index in [1.165, 1.54) is 0 Å². The Morgan fingerprint density at radius 1 is 1.65 bits per heavy atom. The van der Waals surface area contributed by atoms with Crippen LogP contribution in [0.4, 0.5) is 0 Å². The lowest BCUT2D eigenvalue weighted by Gasteiger charge is -2.15. The van der Waals surface area contributed by atoms with E-state index in [2.05, 4.69) is 39.8 Å². The van der Waals surface area contributed by atoms with Crippen LogP contribution < -0.4 is 5.32 Å². The number of rotatable bonds is 4. The maximum Gasteiger partial charge on any atom is 0.252 e. The van der Waals surface area contributed by atoms with Crippen LogP contribution >= 0.6 is 28.6 Å². The number of hydrogen-bond acceptors (Lipinski definition) is 2. The van der Waals surface area contributed by atoms with E-state index in [0.717, 1.165) is 15.8 Å². The van der Waals surface area contributed by atoms with Gasteiger partial charge in [-0.25, -0.2) is 0 Å². The van der Waals surface area contributed by atoms with Gasteiger partial charge in [0.05, 0.1) is 5.56 Å². The van der Waals surface area contributed by atoms with E-state index in [1.54, 1.807) is 12.1 Å². The maximum absolute atomic E-state index is 12.0. The Bertz CT molecular complexity index is 453. The quantitative estimate of drug-likeness (QED) is 0.648. The highest BCUT2D eigenvalue weighted by atomic mass is 79.9. The lowest BCUT2D eigenvalue weighted by atomic mass is 10.1. The van der Waals surface area contributed by atoms with Crippen LogP contribution in [-0.2, 0) is 0 Å². The number of amides is 1. The summed E-state index contributed by atoms with van der Waals surface area (Å²) in [4.78, 5) is 12.8. The van der Waals surface area contributed by atoms with Gasteiger partial charge in [0.25, 0.3) is 5.91 Å². The van der Waals surface area contributed by atoms with Crippen molar-refractivity contribution in [2.75, 3.05) is 0 Å². The maximum atomic E-state index is 12.0. The third kappa shape index (κ3) is 4.10. The Morgan fingerprint density at radius 3 is 2.94 bits per heavy atom. The highest BCUT2D eigenvalue weighted by Gasteiger charge is 2.14. The predicted octanol–water partition coefficient (Wildman–Crippen LogP) is 3.27. The molecular formula is C13H14BrNOS. The monoisotopic (exact) mass is 311 g/mol. The molecule has 1 aromatic rings. The van der Waals surface area contributed by atoms with E-state index in [-0.39, 0.29) is 11.9 Å². The minimum atomic E-state index is -0.130. The molecular weight excluding hydrogens is 298 g/mol. The molecule has 1 rings (SSSR count). The van der Waals surface area contributed by atoms with Gasteiger partial charge in [-0.3, -0.25) is 4.79 Å². The summed E-state index contributed by atoms with van der Waals surface area (Å²) in [5.74, 6) is 2.43. The fourth-order valence-corrected chi connectivity index (χ4v) is 2.02. The highest BCUT2D eigenvalue weighted by molar-refractivity contribution is 9.10. The zero-order valence-electron chi connectivity index (χ0n) is 9.53. The largest absolute Gasteiger partial charge is 0.348 e. The first-order valence-corrected chi connectivity index (χ1v) is 6.55. The Balaban J connectivity index is 2.82. The van der Waals surface area contributed by atoms with Crippen LogP contribution in [0.5, 0.6) is 0 Å². The molecule has 0 bridgehead atoms. The Kier molecular flexibility index (Phi) is 5.60. The normalized spacial score (nSPS) is 11.6. The van der Waals surface area contributed by atoms with Crippen LogP contribution in [0, 0.1) is 12.3 Å². The van der Waals surface area contributed by atoms with Crippen molar-refractivity contribution in [3.8, 4) is 12.3 Å². The van der Waals surface area contributed by atoms with E-state index in [9.17, 15) is 4.79 Å². The van der Waals surface area contributed by atoms with Gasteiger partial charge in [0.1, 0.15) is 0 Å². The second-order valence-electron chi connectivity index (χ2n) is 3.65. The minimum absolute atomic E-state index is 0.0166. The van der Waals surface area contributed by atoms with E-state index in [4.69, 9.17) is 6.42 Å². The molecule has 0 fully saturated rings. The van der Waals surface area contributed by atoms with Crippen molar-refractivity contribution in [3.05, 3.63) is 28.2 Å². The van der Waals surface area contributed by atoms with Gasteiger partial charge in [0.15, 0.2) is 0 Å². The molecule has 17 heavy (non-hydrogen) atoms. The first-order chi connectivity index (χ1) is 8.08. The summed E-state index contributed by atoms with van der Waals surface area (Å²) < 4.78 is 0.753. The summed E-state index contributed by atoms with van der Waals surface area (Å²) in [6.45, 7) is 1.99. The molecule has 90 valence electrons. The summed E-state index contributed by atoms with van der Waals surface area (Å²) in [6.07, 6.45) is 6.61. The molecule has 1 aromatic carbocycles. The van der Waals surface area contributed by atoms with Crippen LogP contribution in [0.2, 0.25) is 0 Å². The summed E-state index contributed by atoms with van der Waals surface area (Å²) in [7, 11) is 0. The molecule has 2 nitrogen and oxygen atoms in total. The van der Waals surface area contributed by atoms with Crippen LogP contribution in [0.1, 0.15) is 30.1 Å². The summed E-state index contributed by atoms with van der Waals surface area (Å²) in [5.41, 5.74) is 0.577. The number of nitrogens with one attached hydrogen (secondary N) is 1. The Hall–Kier alpha value is -0.920. The second kappa shape index (κ2) is 6.73. The fraction of sp³-hybridized carbons (Fsp3) is 0.308. The summed E-state index contributed by atoms with van der Waals surface area (Å²) >= 11 is 7.56. The Morgan fingerprint density at radius 2 is 2.35 bits per heavy atom. The number of terminal acetylenes is 1. The second-order valence-corrected chi connectivity index (χ2v) is 5.02. The van der Waals surface area contributed by atoms with Gasteiger partial charge in [-0.1, -0.05) is 6.92 Å². The highest BCUT2D eigenvalue weighted by Crippen LogP contribution is 2.20. The minimum Gasteiger partial charge on any atom is -0.348 e. The average Bonchev–Trinajstić information content (AvgIpc) is 2.31. The topological polar surface area (TPSA) is 29.1 Å². The van der Waals surface area contributed by atoms with Gasteiger partial charge in [0.2, 0.25) is 0 Å². The lowest BCUT2D eigenvalue weighted by molar-refractivity contribution is 0.0935. The van der Waals surface area contributed by atoms with E-state index < -0.39 is 0 Å². The molecule has 0 saturated heterocycles. The number of halogens is 1. The van der Waals surface area contributed by atoms with Gasteiger partial charge in [-0.15, -0.1) is 25.0 Å². The first kappa shape index (κ1) is 14.1. The smallest absolute Gasteiger partial charge is 0.252 e. The van der Waals surface area contributed by atoms with Gasteiger partial charge in [-0.05, 0) is 40.5 Å². The van der Waals surface area contributed by atoms with E-state index in [0.29, 0.717) is 12.0 Å². The molecule has 0 aliphatic carbocycles. The molecule has 1 unspecified atom stereocenters. The van der Waals surface area contributed by atoms with Gasteiger partial charge < -0.3 is 5.32 Å². The number of benzene rings is 1. The van der Waals surface area contributed by atoms with Crippen molar-refractivity contribution in [1.82, 2.24) is 5.32 Å². The van der Waals surface area contributed by atoms with Crippen LogP contribution in [0.3, 0.4) is 0 Å². The zero-order valence-corrected chi connectivity index (χ0v) is 12.0. The zero-order chi connectivity index (χ0) is 12.8. The molecule has 0 aromatic heterocycles. The number of hydrogen-bond donors (Lipinski definition) is 2. The SMILES string of the molecule is C#CCC(CC)NC(=O)c1cc(S)ccc1Br. The third-order valence-electron chi connectivity index (χ3n) is 2.39. The molecule has 0 heterocycles. The van der Waals surface area contributed by atoms with Crippen molar-refractivity contribution in [2.45, 2.75) is 30.7 Å². The molecule has 0 spiro atoms. The van der Waals surface area contributed by atoms with Gasteiger partial charge in [0, 0.05) is 21.8 Å². The number of carbonyl (C=O) groups excluding carboxylic acids is 1. The van der Waals surface area contributed by atoms with Crippen LogP contribution in [-0.4, -0.2) is 11.9 Å². The van der Waals surface area contributed by atoms with Crippen molar-refractivity contribution in [2.24, 2.45) is 0 Å². The molecule has 0 saturated carbocycles. The van der Waals surface area contributed by atoms with Crippen LogP contribution in [0.25, 0.3) is 0 Å². The van der Waals surface area contributed by atoms with E-state index in [1.807, 2.05) is 13.0 Å². The lowest BCUT2D eigenvalue weighted by Crippen LogP contribution is -2.34. The Labute approximate surface area is 116 Å². The first-order valence-electron chi connectivity index (χ1n) is 5.31. The van der Waals surface area contributed by atoms with E-state index >= 15 is 0 Å². The molecule has 1 atom stereocenters. The molecule has 0 aliphatic rings. The molecule has 1 N–H and O–H groups in total.